The van der Waals surface area contributed by atoms with Crippen LogP contribution < -0.4 is 5.73 Å². The van der Waals surface area contributed by atoms with Gasteiger partial charge in [-0.25, -0.2) is 0 Å². The summed E-state index contributed by atoms with van der Waals surface area (Å²) >= 11 is 0. The molecule has 5 atom stereocenters. The Morgan fingerprint density at radius 2 is 2.00 bits per heavy atom. The highest BCUT2D eigenvalue weighted by molar-refractivity contribution is 5.09. The summed E-state index contributed by atoms with van der Waals surface area (Å²) in [4.78, 5) is 0. The van der Waals surface area contributed by atoms with Gasteiger partial charge in [0, 0.05) is 6.04 Å². The van der Waals surface area contributed by atoms with Gasteiger partial charge in [-0.3, -0.25) is 0 Å². The summed E-state index contributed by atoms with van der Waals surface area (Å²) in [5.74, 6) is 4.55. The summed E-state index contributed by atoms with van der Waals surface area (Å²) in [5, 5.41) is 0. The van der Waals surface area contributed by atoms with Crippen molar-refractivity contribution >= 4 is 0 Å². The standard InChI is InChI=1S/C12H23N/c1-4-5-8-9-6-10(12(8)13)11(9)7(2)3/h7-12H,4-6,13H2,1-3H3. The topological polar surface area (TPSA) is 26.0 Å². The molecular weight excluding hydrogens is 158 g/mol. The van der Waals surface area contributed by atoms with Crippen LogP contribution in [-0.4, -0.2) is 6.04 Å². The Hall–Kier alpha value is -0.0400. The molecule has 1 heteroatoms. The number of nitrogens with two attached hydrogens (primary N) is 1. The van der Waals surface area contributed by atoms with E-state index in [0.29, 0.717) is 6.04 Å². The van der Waals surface area contributed by atoms with Crippen molar-refractivity contribution in [3.05, 3.63) is 0 Å². The van der Waals surface area contributed by atoms with Crippen LogP contribution in [0.5, 0.6) is 0 Å². The van der Waals surface area contributed by atoms with Gasteiger partial charge in [0.2, 0.25) is 0 Å². The third kappa shape index (κ3) is 1.24. The Labute approximate surface area is 82.1 Å². The summed E-state index contributed by atoms with van der Waals surface area (Å²) < 4.78 is 0. The van der Waals surface area contributed by atoms with E-state index >= 15 is 0 Å². The highest BCUT2D eigenvalue weighted by Gasteiger charge is 2.57. The molecule has 0 amide bonds. The SMILES string of the molecule is CCCC1C(N)C2CC1C2C(C)C. The van der Waals surface area contributed by atoms with Gasteiger partial charge in [-0.05, 0) is 42.4 Å². The van der Waals surface area contributed by atoms with E-state index in [9.17, 15) is 0 Å². The van der Waals surface area contributed by atoms with Crippen molar-refractivity contribution in [2.45, 2.75) is 46.1 Å². The lowest BCUT2D eigenvalue weighted by molar-refractivity contribution is 0.0860. The van der Waals surface area contributed by atoms with Crippen LogP contribution in [0.15, 0.2) is 0 Å². The summed E-state index contributed by atoms with van der Waals surface area (Å²) in [6.07, 6.45) is 4.12. The summed E-state index contributed by atoms with van der Waals surface area (Å²) in [6.45, 7) is 7.02. The minimum atomic E-state index is 0.539. The van der Waals surface area contributed by atoms with Crippen molar-refractivity contribution in [1.82, 2.24) is 0 Å². The molecule has 13 heavy (non-hydrogen) atoms. The maximum atomic E-state index is 6.28. The molecule has 3 aliphatic rings. The molecule has 3 fully saturated rings. The van der Waals surface area contributed by atoms with E-state index in [4.69, 9.17) is 5.73 Å². The molecule has 0 aromatic heterocycles. The molecule has 3 rings (SSSR count). The van der Waals surface area contributed by atoms with E-state index in [1.807, 2.05) is 0 Å². The fourth-order valence-corrected chi connectivity index (χ4v) is 3.96. The van der Waals surface area contributed by atoms with Crippen LogP contribution in [0.4, 0.5) is 0 Å². The molecule has 0 heterocycles. The van der Waals surface area contributed by atoms with Gasteiger partial charge < -0.3 is 5.73 Å². The average Bonchev–Trinajstić information content (AvgIpc) is 2.39. The van der Waals surface area contributed by atoms with Gasteiger partial charge in [0.15, 0.2) is 0 Å². The molecule has 2 N–H and O–H groups in total. The first kappa shape index (κ1) is 9.51. The predicted molar refractivity (Wildman–Crippen MR) is 56.3 cm³/mol. The van der Waals surface area contributed by atoms with Crippen LogP contribution in [0, 0.1) is 29.6 Å². The first-order valence-corrected chi connectivity index (χ1v) is 5.92. The quantitative estimate of drug-likeness (QED) is 0.711. The minimum absolute atomic E-state index is 0.539. The highest BCUT2D eigenvalue weighted by Crippen LogP contribution is 2.59. The molecule has 1 nitrogen and oxygen atoms in total. The second-order valence-electron chi connectivity index (χ2n) is 5.41. The zero-order valence-electron chi connectivity index (χ0n) is 9.16. The van der Waals surface area contributed by atoms with Crippen molar-refractivity contribution < 1.29 is 0 Å². The van der Waals surface area contributed by atoms with Crippen LogP contribution in [0.2, 0.25) is 0 Å². The van der Waals surface area contributed by atoms with Crippen LogP contribution >= 0.6 is 0 Å². The third-order valence-electron chi connectivity index (χ3n) is 4.46. The minimum Gasteiger partial charge on any atom is -0.327 e. The lowest BCUT2D eigenvalue weighted by Crippen LogP contribution is -2.37. The van der Waals surface area contributed by atoms with E-state index in [-0.39, 0.29) is 0 Å². The molecule has 0 saturated heterocycles. The molecule has 0 radical (unpaired) electrons. The van der Waals surface area contributed by atoms with Gasteiger partial charge >= 0.3 is 0 Å². The van der Waals surface area contributed by atoms with Gasteiger partial charge in [-0.15, -0.1) is 0 Å². The lowest BCUT2D eigenvalue weighted by Gasteiger charge is -2.40. The number of hydrogen-bond acceptors (Lipinski definition) is 1. The van der Waals surface area contributed by atoms with Crippen molar-refractivity contribution in [3.8, 4) is 0 Å². The predicted octanol–water partition coefficient (Wildman–Crippen LogP) is 2.65. The fourth-order valence-electron chi connectivity index (χ4n) is 3.96. The highest BCUT2D eigenvalue weighted by atomic mass is 14.8. The second kappa shape index (κ2) is 3.27. The molecule has 0 spiro atoms. The largest absolute Gasteiger partial charge is 0.327 e. The van der Waals surface area contributed by atoms with Gasteiger partial charge in [0.05, 0.1) is 0 Å². The van der Waals surface area contributed by atoms with E-state index in [0.717, 1.165) is 29.6 Å². The summed E-state index contributed by atoms with van der Waals surface area (Å²) in [5.41, 5.74) is 6.28. The maximum Gasteiger partial charge on any atom is 0.0101 e. The molecule has 3 aliphatic carbocycles. The van der Waals surface area contributed by atoms with Crippen molar-refractivity contribution in [2.75, 3.05) is 0 Å². The number of rotatable bonds is 3. The Bertz CT molecular complexity index is 188. The molecule has 2 bridgehead atoms. The van der Waals surface area contributed by atoms with Gasteiger partial charge in [0.25, 0.3) is 0 Å². The zero-order valence-corrected chi connectivity index (χ0v) is 9.16. The Morgan fingerprint density at radius 3 is 2.46 bits per heavy atom. The Balaban J connectivity index is 2.03. The molecule has 0 aliphatic heterocycles. The lowest BCUT2D eigenvalue weighted by atomic mass is 9.65. The van der Waals surface area contributed by atoms with E-state index in [2.05, 4.69) is 20.8 Å². The number of hydrogen-bond donors (Lipinski definition) is 1. The first-order chi connectivity index (χ1) is 6.16. The molecule has 76 valence electrons. The van der Waals surface area contributed by atoms with Crippen molar-refractivity contribution in [2.24, 2.45) is 35.3 Å². The molecule has 3 saturated carbocycles. The average molecular weight is 181 g/mol. The van der Waals surface area contributed by atoms with Crippen molar-refractivity contribution in [3.63, 3.8) is 0 Å². The smallest absolute Gasteiger partial charge is 0.0101 e. The van der Waals surface area contributed by atoms with Gasteiger partial charge in [-0.1, -0.05) is 27.2 Å². The molecule has 0 aromatic rings. The maximum absolute atomic E-state index is 6.28. The van der Waals surface area contributed by atoms with Crippen LogP contribution in [-0.2, 0) is 0 Å². The Kier molecular flexibility index (Phi) is 2.39. The van der Waals surface area contributed by atoms with E-state index < -0.39 is 0 Å². The summed E-state index contributed by atoms with van der Waals surface area (Å²) in [6, 6.07) is 0.539. The first-order valence-electron chi connectivity index (χ1n) is 5.92. The van der Waals surface area contributed by atoms with Gasteiger partial charge in [-0.2, -0.15) is 0 Å². The zero-order chi connectivity index (χ0) is 9.59. The summed E-state index contributed by atoms with van der Waals surface area (Å²) in [7, 11) is 0. The van der Waals surface area contributed by atoms with E-state index in [1.165, 1.54) is 19.3 Å². The van der Waals surface area contributed by atoms with Gasteiger partial charge in [0.1, 0.15) is 0 Å². The fraction of sp³-hybridized carbons (Fsp3) is 1.00. The van der Waals surface area contributed by atoms with Crippen LogP contribution in [0.1, 0.15) is 40.0 Å². The monoisotopic (exact) mass is 181 g/mol. The molecular formula is C12H23N. The normalized spacial score (nSPS) is 48.2. The Morgan fingerprint density at radius 1 is 1.31 bits per heavy atom. The van der Waals surface area contributed by atoms with Crippen LogP contribution in [0.3, 0.4) is 0 Å². The van der Waals surface area contributed by atoms with E-state index in [1.54, 1.807) is 0 Å². The van der Waals surface area contributed by atoms with Crippen molar-refractivity contribution in [1.29, 1.82) is 0 Å². The number of fused-ring (bicyclic) bond motifs is 1. The second-order valence-corrected chi connectivity index (χ2v) is 5.41. The third-order valence-corrected chi connectivity index (χ3v) is 4.46. The molecule has 0 aromatic carbocycles. The molecule has 5 unspecified atom stereocenters. The van der Waals surface area contributed by atoms with Crippen LogP contribution in [0.25, 0.3) is 0 Å².